The molecule has 1 aromatic rings. The molecule has 0 amide bonds. The van der Waals surface area contributed by atoms with Gasteiger partial charge in [0.25, 0.3) is 0 Å². The van der Waals surface area contributed by atoms with E-state index in [1.165, 1.54) is 6.07 Å². The molecule has 0 radical (unpaired) electrons. The van der Waals surface area contributed by atoms with Gasteiger partial charge in [-0.15, -0.1) is 0 Å². The van der Waals surface area contributed by atoms with Gasteiger partial charge in [0.05, 0.1) is 12.6 Å². The van der Waals surface area contributed by atoms with E-state index in [0.717, 1.165) is 0 Å². The van der Waals surface area contributed by atoms with Crippen LogP contribution in [0.5, 0.6) is 0 Å². The first-order valence-corrected chi connectivity index (χ1v) is 5.21. The summed E-state index contributed by atoms with van der Waals surface area (Å²) in [5.74, 6) is -0.152. The second-order valence-corrected chi connectivity index (χ2v) is 4.05. The lowest BCUT2D eigenvalue weighted by Crippen LogP contribution is -2.21. The van der Waals surface area contributed by atoms with E-state index < -0.39 is 5.97 Å². The van der Waals surface area contributed by atoms with Crippen LogP contribution in [0, 0.1) is 5.92 Å². The van der Waals surface area contributed by atoms with Crippen LogP contribution >= 0.6 is 0 Å². The second kappa shape index (κ2) is 5.67. The molecule has 5 heteroatoms. The number of carboxylic acid groups (broad SMARTS) is 1. The van der Waals surface area contributed by atoms with Gasteiger partial charge in [-0.1, -0.05) is 13.8 Å². The van der Waals surface area contributed by atoms with Crippen LogP contribution < -0.4 is 5.48 Å². The van der Waals surface area contributed by atoms with Crippen molar-refractivity contribution in [3.8, 4) is 0 Å². The smallest absolute Gasteiger partial charge is 0.371 e. The van der Waals surface area contributed by atoms with E-state index in [4.69, 9.17) is 14.4 Å². The first-order valence-electron chi connectivity index (χ1n) is 5.21. The van der Waals surface area contributed by atoms with Crippen molar-refractivity contribution in [2.45, 2.75) is 26.8 Å². The van der Waals surface area contributed by atoms with Crippen LogP contribution in [0.3, 0.4) is 0 Å². The Balaban J connectivity index is 2.46. The van der Waals surface area contributed by atoms with Crippen LogP contribution in [0.1, 0.15) is 43.1 Å². The predicted molar refractivity (Wildman–Crippen MR) is 58.0 cm³/mol. The summed E-state index contributed by atoms with van der Waals surface area (Å²) in [4.78, 5) is 15.8. The summed E-state index contributed by atoms with van der Waals surface area (Å²) in [5.41, 5.74) is 2.80. The average Bonchev–Trinajstić information content (AvgIpc) is 2.65. The minimum atomic E-state index is -1.07. The SMILES string of the molecule is CC(C)CONC(C)c1ccc(C(=O)O)o1. The summed E-state index contributed by atoms with van der Waals surface area (Å²) >= 11 is 0. The topological polar surface area (TPSA) is 71.7 Å². The van der Waals surface area contributed by atoms with Crippen LogP contribution in [0.4, 0.5) is 0 Å². The van der Waals surface area contributed by atoms with Gasteiger partial charge in [0.1, 0.15) is 5.76 Å². The molecule has 1 aromatic heterocycles. The standard InChI is InChI=1S/C11H17NO4/c1-7(2)6-15-12-8(3)9-4-5-10(16-9)11(13)14/h4-5,7-8,12H,6H2,1-3H3,(H,13,14). The fourth-order valence-electron chi connectivity index (χ4n) is 1.10. The summed E-state index contributed by atoms with van der Waals surface area (Å²) < 4.78 is 5.12. The van der Waals surface area contributed by atoms with Gasteiger partial charge in [0, 0.05) is 0 Å². The molecule has 1 heterocycles. The molecule has 0 aliphatic rings. The first-order chi connectivity index (χ1) is 7.50. The Bertz CT molecular complexity index is 346. The molecule has 0 saturated heterocycles. The third kappa shape index (κ3) is 3.67. The molecule has 16 heavy (non-hydrogen) atoms. The van der Waals surface area contributed by atoms with Gasteiger partial charge in [0.2, 0.25) is 5.76 Å². The molecule has 0 bridgehead atoms. The third-order valence-corrected chi connectivity index (χ3v) is 1.94. The van der Waals surface area contributed by atoms with Crippen LogP contribution in [-0.4, -0.2) is 17.7 Å². The zero-order chi connectivity index (χ0) is 12.1. The van der Waals surface area contributed by atoms with Crippen molar-refractivity contribution >= 4 is 5.97 Å². The van der Waals surface area contributed by atoms with Crippen molar-refractivity contribution in [3.05, 3.63) is 23.7 Å². The Labute approximate surface area is 94.4 Å². The van der Waals surface area contributed by atoms with Gasteiger partial charge in [-0.25, -0.2) is 4.79 Å². The van der Waals surface area contributed by atoms with Gasteiger partial charge in [-0.3, -0.25) is 0 Å². The lowest BCUT2D eigenvalue weighted by Gasteiger charge is -2.12. The van der Waals surface area contributed by atoms with E-state index in [1.807, 2.05) is 20.8 Å². The zero-order valence-electron chi connectivity index (χ0n) is 9.69. The normalized spacial score (nSPS) is 13.0. The summed E-state index contributed by atoms with van der Waals surface area (Å²) in [5, 5.41) is 8.68. The molecule has 0 spiro atoms. The van der Waals surface area contributed by atoms with Crippen molar-refractivity contribution in [2.75, 3.05) is 6.61 Å². The fourth-order valence-corrected chi connectivity index (χ4v) is 1.10. The van der Waals surface area contributed by atoms with Gasteiger partial charge in [-0.2, -0.15) is 5.48 Å². The number of rotatable bonds is 6. The number of hydroxylamine groups is 1. The summed E-state index contributed by atoms with van der Waals surface area (Å²) in [7, 11) is 0. The number of aromatic carboxylic acids is 1. The molecule has 0 aliphatic carbocycles. The molecular weight excluding hydrogens is 210 g/mol. The number of furan rings is 1. The van der Waals surface area contributed by atoms with E-state index in [9.17, 15) is 4.79 Å². The van der Waals surface area contributed by atoms with E-state index >= 15 is 0 Å². The maximum Gasteiger partial charge on any atom is 0.371 e. The fraction of sp³-hybridized carbons (Fsp3) is 0.545. The molecule has 0 fully saturated rings. The van der Waals surface area contributed by atoms with Crippen LogP contribution in [0.25, 0.3) is 0 Å². The van der Waals surface area contributed by atoms with Crippen molar-refractivity contribution in [3.63, 3.8) is 0 Å². The summed E-state index contributed by atoms with van der Waals surface area (Å²) in [6, 6.07) is 2.88. The second-order valence-electron chi connectivity index (χ2n) is 4.05. The Morgan fingerprint density at radius 3 is 2.69 bits per heavy atom. The minimum Gasteiger partial charge on any atom is -0.475 e. The first kappa shape index (κ1) is 12.7. The van der Waals surface area contributed by atoms with Crippen LogP contribution in [-0.2, 0) is 4.84 Å². The molecule has 5 nitrogen and oxygen atoms in total. The lowest BCUT2D eigenvalue weighted by molar-refractivity contribution is -0.000334. The quantitative estimate of drug-likeness (QED) is 0.729. The third-order valence-electron chi connectivity index (χ3n) is 1.94. The van der Waals surface area contributed by atoms with E-state index in [1.54, 1.807) is 6.07 Å². The van der Waals surface area contributed by atoms with Crippen LogP contribution in [0.15, 0.2) is 16.5 Å². The van der Waals surface area contributed by atoms with Gasteiger partial charge >= 0.3 is 5.97 Å². The monoisotopic (exact) mass is 227 g/mol. The number of hydrogen-bond acceptors (Lipinski definition) is 4. The van der Waals surface area contributed by atoms with Crippen molar-refractivity contribution in [1.29, 1.82) is 0 Å². The Kier molecular flexibility index (Phi) is 4.52. The van der Waals surface area contributed by atoms with E-state index in [-0.39, 0.29) is 11.8 Å². The maximum absolute atomic E-state index is 10.6. The molecule has 90 valence electrons. The number of hydrogen-bond donors (Lipinski definition) is 2. The Hall–Kier alpha value is -1.33. The van der Waals surface area contributed by atoms with Crippen molar-refractivity contribution in [1.82, 2.24) is 5.48 Å². The summed E-state index contributed by atoms with van der Waals surface area (Å²) in [6.07, 6.45) is 0. The molecule has 1 atom stereocenters. The van der Waals surface area contributed by atoms with Gasteiger partial charge < -0.3 is 14.4 Å². The maximum atomic E-state index is 10.6. The zero-order valence-corrected chi connectivity index (χ0v) is 9.69. The van der Waals surface area contributed by atoms with E-state index in [0.29, 0.717) is 18.3 Å². The Morgan fingerprint density at radius 2 is 2.19 bits per heavy atom. The molecule has 2 N–H and O–H groups in total. The van der Waals surface area contributed by atoms with E-state index in [2.05, 4.69) is 5.48 Å². The van der Waals surface area contributed by atoms with Crippen molar-refractivity contribution < 1.29 is 19.2 Å². The van der Waals surface area contributed by atoms with Crippen LogP contribution in [0.2, 0.25) is 0 Å². The minimum absolute atomic E-state index is 0.0625. The number of carbonyl (C=O) groups is 1. The average molecular weight is 227 g/mol. The number of nitrogens with one attached hydrogen (secondary N) is 1. The summed E-state index contributed by atoms with van der Waals surface area (Å²) in [6.45, 7) is 6.52. The molecule has 0 aromatic carbocycles. The number of carboxylic acids is 1. The highest BCUT2D eigenvalue weighted by molar-refractivity contribution is 5.84. The predicted octanol–water partition coefficient (Wildman–Crippen LogP) is 2.22. The lowest BCUT2D eigenvalue weighted by atomic mass is 10.2. The molecule has 1 rings (SSSR count). The molecule has 0 aliphatic heterocycles. The largest absolute Gasteiger partial charge is 0.475 e. The molecular formula is C11H17NO4. The Morgan fingerprint density at radius 1 is 1.50 bits per heavy atom. The highest BCUT2D eigenvalue weighted by atomic mass is 16.6. The highest BCUT2D eigenvalue weighted by Gasteiger charge is 2.14. The molecule has 0 saturated carbocycles. The molecule has 1 unspecified atom stereocenters. The van der Waals surface area contributed by atoms with Gasteiger partial charge in [0.15, 0.2) is 0 Å². The highest BCUT2D eigenvalue weighted by Crippen LogP contribution is 2.16. The van der Waals surface area contributed by atoms with Crippen molar-refractivity contribution in [2.24, 2.45) is 5.92 Å². The van der Waals surface area contributed by atoms with Gasteiger partial charge in [-0.05, 0) is 25.0 Å².